The second-order valence-electron chi connectivity index (χ2n) is 4.80. The van der Waals surface area contributed by atoms with Gasteiger partial charge in [0.25, 0.3) is 0 Å². The summed E-state index contributed by atoms with van der Waals surface area (Å²) in [6.07, 6.45) is 1.27. The second kappa shape index (κ2) is 7.43. The van der Waals surface area contributed by atoms with Gasteiger partial charge in [0.15, 0.2) is 5.96 Å². The van der Waals surface area contributed by atoms with Gasteiger partial charge >= 0.3 is 0 Å². The number of likely N-dealkylation sites (tertiary alicyclic amines) is 1. The van der Waals surface area contributed by atoms with Crippen molar-refractivity contribution < 1.29 is 0 Å². The topological polar surface area (TPSA) is 27.6 Å². The van der Waals surface area contributed by atoms with Crippen LogP contribution < -0.4 is 5.32 Å². The van der Waals surface area contributed by atoms with Crippen LogP contribution >= 0.6 is 11.8 Å². The van der Waals surface area contributed by atoms with Crippen LogP contribution in [0.15, 0.2) is 40.2 Å². The largest absolute Gasteiger partial charge is 0.357 e. The zero-order chi connectivity index (χ0) is 13.5. The van der Waals surface area contributed by atoms with Gasteiger partial charge in [-0.3, -0.25) is 4.99 Å². The van der Waals surface area contributed by atoms with Crippen LogP contribution in [0.3, 0.4) is 0 Å². The number of rotatable bonds is 4. The minimum atomic E-state index is 0.764. The molecular weight excluding hydrogens is 254 g/mol. The second-order valence-corrected chi connectivity index (χ2v) is 5.90. The summed E-state index contributed by atoms with van der Waals surface area (Å²) in [5, 5.41) is 3.34. The zero-order valence-electron chi connectivity index (χ0n) is 11.8. The zero-order valence-corrected chi connectivity index (χ0v) is 12.6. The first-order valence-corrected chi connectivity index (χ1v) is 7.95. The van der Waals surface area contributed by atoms with Crippen LogP contribution in [-0.2, 0) is 0 Å². The molecule has 0 aliphatic carbocycles. The van der Waals surface area contributed by atoms with Gasteiger partial charge in [-0.05, 0) is 31.4 Å². The number of aliphatic imine (C=N–C) groups is 1. The van der Waals surface area contributed by atoms with E-state index < -0.39 is 0 Å². The summed E-state index contributed by atoms with van der Waals surface area (Å²) in [5.74, 6) is 3.01. The first-order chi connectivity index (χ1) is 9.33. The van der Waals surface area contributed by atoms with Crippen molar-refractivity contribution in [3.05, 3.63) is 30.3 Å². The Bertz CT molecular complexity index is 405. The van der Waals surface area contributed by atoms with E-state index in [1.165, 1.54) is 17.1 Å². The van der Waals surface area contributed by atoms with E-state index in [0.29, 0.717) is 0 Å². The first kappa shape index (κ1) is 14.3. The molecule has 1 fully saturated rings. The molecule has 1 unspecified atom stereocenters. The van der Waals surface area contributed by atoms with Crippen LogP contribution in [0.2, 0.25) is 0 Å². The van der Waals surface area contributed by atoms with Crippen LogP contribution in [0.4, 0.5) is 0 Å². The van der Waals surface area contributed by atoms with E-state index in [1.54, 1.807) is 0 Å². The van der Waals surface area contributed by atoms with Gasteiger partial charge in [0.2, 0.25) is 0 Å². The Labute approximate surface area is 120 Å². The summed E-state index contributed by atoms with van der Waals surface area (Å²) < 4.78 is 0. The summed E-state index contributed by atoms with van der Waals surface area (Å²) in [7, 11) is 1.87. The lowest BCUT2D eigenvalue weighted by atomic mass is 10.2. The van der Waals surface area contributed by atoms with Gasteiger partial charge in [0, 0.05) is 37.3 Å². The van der Waals surface area contributed by atoms with Crippen molar-refractivity contribution in [1.82, 2.24) is 10.2 Å². The quantitative estimate of drug-likeness (QED) is 0.521. The molecule has 19 heavy (non-hydrogen) atoms. The highest BCUT2D eigenvalue weighted by Gasteiger charge is 2.24. The van der Waals surface area contributed by atoms with Crippen molar-refractivity contribution in [3.8, 4) is 0 Å². The lowest BCUT2D eigenvalue weighted by Gasteiger charge is -2.21. The van der Waals surface area contributed by atoms with E-state index in [4.69, 9.17) is 0 Å². The molecule has 0 radical (unpaired) electrons. The Morgan fingerprint density at radius 3 is 2.89 bits per heavy atom. The standard InChI is InChI=1S/C15H23N3S/c1-3-17-15(16-2)18-10-9-13(11-18)12-19-14-7-5-4-6-8-14/h4-8,13H,3,9-12H2,1-2H3,(H,16,17). The van der Waals surface area contributed by atoms with Gasteiger partial charge in [-0.2, -0.15) is 0 Å². The predicted molar refractivity (Wildman–Crippen MR) is 83.9 cm³/mol. The lowest BCUT2D eigenvalue weighted by Crippen LogP contribution is -2.39. The first-order valence-electron chi connectivity index (χ1n) is 6.97. The highest BCUT2D eigenvalue weighted by molar-refractivity contribution is 7.99. The molecule has 104 valence electrons. The van der Waals surface area contributed by atoms with Crippen LogP contribution in [0.5, 0.6) is 0 Å². The summed E-state index contributed by atoms with van der Waals surface area (Å²) >= 11 is 1.97. The summed E-state index contributed by atoms with van der Waals surface area (Å²) in [5.41, 5.74) is 0. The molecule has 1 aliphatic heterocycles. The van der Waals surface area contributed by atoms with Crippen LogP contribution in [0.25, 0.3) is 0 Å². The fourth-order valence-corrected chi connectivity index (χ4v) is 3.43. The smallest absolute Gasteiger partial charge is 0.193 e. The number of benzene rings is 1. The molecule has 1 saturated heterocycles. The Morgan fingerprint density at radius 2 is 2.21 bits per heavy atom. The monoisotopic (exact) mass is 277 g/mol. The molecular formula is C15H23N3S. The maximum Gasteiger partial charge on any atom is 0.193 e. The number of guanidine groups is 1. The number of nitrogens with zero attached hydrogens (tertiary/aromatic N) is 2. The average Bonchev–Trinajstić information content (AvgIpc) is 2.92. The molecule has 1 aliphatic rings. The highest BCUT2D eigenvalue weighted by Crippen LogP contribution is 2.25. The molecule has 3 nitrogen and oxygen atoms in total. The Balaban J connectivity index is 1.79. The molecule has 0 saturated carbocycles. The Hall–Kier alpha value is -1.16. The molecule has 1 atom stereocenters. The molecule has 4 heteroatoms. The normalized spacial score (nSPS) is 19.8. The molecule has 0 aromatic heterocycles. The van der Waals surface area contributed by atoms with Crippen molar-refractivity contribution in [2.24, 2.45) is 10.9 Å². The number of nitrogens with one attached hydrogen (secondary N) is 1. The van der Waals surface area contributed by atoms with E-state index in [0.717, 1.165) is 31.5 Å². The van der Waals surface area contributed by atoms with Crippen molar-refractivity contribution in [3.63, 3.8) is 0 Å². The lowest BCUT2D eigenvalue weighted by molar-refractivity contribution is 0.476. The molecule has 1 heterocycles. The van der Waals surface area contributed by atoms with Crippen LogP contribution in [0.1, 0.15) is 13.3 Å². The van der Waals surface area contributed by atoms with Crippen LogP contribution in [0, 0.1) is 5.92 Å². The van der Waals surface area contributed by atoms with Gasteiger partial charge in [-0.1, -0.05) is 18.2 Å². The molecule has 0 bridgehead atoms. The highest BCUT2D eigenvalue weighted by atomic mass is 32.2. The summed E-state index contributed by atoms with van der Waals surface area (Å²) in [4.78, 5) is 8.08. The van der Waals surface area contributed by atoms with E-state index in [1.807, 2.05) is 18.8 Å². The Kier molecular flexibility index (Phi) is 5.58. The Morgan fingerprint density at radius 1 is 1.42 bits per heavy atom. The van der Waals surface area contributed by atoms with E-state index in [-0.39, 0.29) is 0 Å². The summed E-state index contributed by atoms with van der Waals surface area (Å²) in [6.45, 7) is 5.30. The molecule has 0 amide bonds. The van der Waals surface area contributed by atoms with Gasteiger partial charge in [-0.15, -0.1) is 11.8 Å². The fourth-order valence-electron chi connectivity index (χ4n) is 2.38. The average molecular weight is 277 g/mol. The summed E-state index contributed by atoms with van der Waals surface area (Å²) in [6, 6.07) is 10.7. The van der Waals surface area contributed by atoms with Crippen LogP contribution in [-0.4, -0.2) is 43.3 Å². The molecule has 1 aromatic rings. The number of hydrogen-bond acceptors (Lipinski definition) is 2. The van der Waals surface area contributed by atoms with Crippen molar-refractivity contribution in [2.45, 2.75) is 18.2 Å². The maximum atomic E-state index is 4.34. The third-order valence-corrected chi connectivity index (χ3v) is 4.60. The fraction of sp³-hybridized carbons (Fsp3) is 0.533. The van der Waals surface area contributed by atoms with Gasteiger partial charge in [-0.25, -0.2) is 0 Å². The van der Waals surface area contributed by atoms with Gasteiger partial charge < -0.3 is 10.2 Å². The third kappa shape index (κ3) is 4.16. The van der Waals surface area contributed by atoms with Crippen molar-refractivity contribution in [2.75, 3.05) is 32.4 Å². The van der Waals surface area contributed by atoms with Gasteiger partial charge in [0.1, 0.15) is 0 Å². The molecule has 1 N–H and O–H groups in total. The van der Waals surface area contributed by atoms with Gasteiger partial charge in [0.05, 0.1) is 0 Å². The predicted octanol–water partition coefficient (Wildman–Crippen LogP) is 2.70. The molecule has 0 spiro atoms. The van der Waals surface area contributed by atoms with E-state index >= 15 is 0 Å². The SMILES string of the molecule is CCNC(=NC)N1CCC(CSc2ccccc2)C1. The third-order valence-electron chi connectivity index (χ3n) is 3.36. The maximum absolute atomic E-state index is 4.34. The number of hydrogen-bond donors (Lipinski definition) is 1. The van der Waals surface area contributed by atoms with Crippen molar-refractivity contribution in [1.29, 1.82) is 0 Å². The molecule has 2 rings (SSSR count). The van der Waals surface area contributed by atoms with E-state index in [9.17, 15) is 0 Å². The van der Waals surface area contributed by atoms with E-state index in [2.05, 4.69) is 52.5 Å². The molecule has 1 aromatic carbocycles. The number of thioether (sulfide) groups is 1. The van der Waals surface area contributed by atoms with Crippen molar-refractivity contribution >= 4 is 17.7 Å². The minimum Gasteiger partial charge on any atom is -0.357 e. The minimum absolute atomic E-state index is 0.764.